The Morgan fingerprint density at radius 3 is 2.61 bits per heavy atom. The van der Waals surface area contributed by atoms with Gasteiger partial charge in [0.1, 0.15) is 18.1 Å². The third-order valence-corrected chi connectivity index (χ3v) is 8.29. The number of furan rings is 1. The number of aliphatic hydroxyl groups excluding tert-OH is 1. The number of allylic oxidation sites excluding steroid dienone is 2. The number of carbonyl (C=O) groups is 3. The van der Waals surface area contributed by atoms with Crippen molar-refractivity contribution in [3.63, 3.8) is 0 Å². The maximum Gasteiger partial charge on any atom is 0.303 e. The van der Waals surface area contributed by atoms with Crippen LogP contribution in [0.2, 0.25) is 0 Å². The number of ether oxygens (including phenoxy) is 1. The molecule has 2 aliphatic heterocycles. The van der Waals surface area contributed by atoms with E-state index in [1.54, 1.807) is 6.07 Å². The van der Waals surface area contributed by atoms with Gasteiger partial charge in [-0.2, -0.15) is 0 Å². The van der Waals surface area contributed by atoms with Crippen molar-refractivity contribution in [2.45, 2.75) is 90.8 Å². The highest BCUT2D eigenvalue weighted by atomic mass is 16.5. The SMILES string of the molecule is CCCC1=C2[C@@H](CC/C(=C/c3ccc(CO)o3)CC)OC[C@@H]2[C@@H]2C(=O)N(CCCCCC(=O)O)C(=O)[C@@H]2C1. The normalized spacial score (nSPS) is 25.3. The van der Waals surface area contributed by atoms with Crippen molar-refractivity contribution in [2.75, 3.05) is 13.2 Å². The molecule has 2 fully saturated rings. The van der Waals surface area contributed by atoms with Crippen LogP contribution in [0.5, 0.6) is 0 Å². The van der Waals surface area contributed by atoms with Crippen LogP contribution in [0.4, 0.5) is 0 Å². The first-order chi connectivity index (χ1) is 18.4. The average Bonchev–Trinajstić information content (AvgIpc) is 3.59. The van der Waals surface area contributed by atoms with Gasteiger partial charge < -0.3 is 19.4 Å². The van der Waals surface area contributed by atoms with Crippen LogP contribution in [0.25, 0.3) is 6.08 Å². The largest absolute Gasteiger partial charge is 0.481 e. The van der Waals surface area contributed by atoms with Crippen LogP contribution in [0.3, 0.4) is 0 Å². The molecule has 0 radical (unpaired) electrons. The topological polar surface area (TPSA) is 117 Å². The molecule has 0 aromatic carbocycles. The minimum Gasteiger partial charge on any atom is -0.481 e. The van der Waals surface area contributed by atoms with Gasteiger partial charge in [0, 0.05) is 18.9 Å². The van der Waals surface area contributed by atoms with E-state index < -0.39 is 5.97 Å². The number of carbonyl (C=O) groups excluding carboxylic acids is 2. The number of carboxylic acids is 1. The number of unbranched alkanes of at least 4 members (excludes halogenated alkanes) is 2. The molecule has 1 aromatic rings. The summed E-state index contributed by atoms with van der Waals surface area (Å²) in [5, 5.41) is 18.1. The van der Waals surface area contributed by atoms with Gasteiger partial charge in [0.05, 0.1) is 24.5 Å². The molecule has 208 valence electrons. The van der Waals surface area contributed by atoms with Gasteiger partial charge in [-0.3, -0.25) is 19.3 Å². The number of hydrogen-bond donors (Lipinski definition) is 2. The molecule has 1 aromatic heterocycles. The maximum absolute atomic E-state index is 13.5. The predicted octanol–water partition coefficient (Wildman–Crippen LogP) is 5.11. The number of amides is 2. The van der Waals surface area contributed by atoms with Crippen molar-refractivity contribution >= 4 is 23.9 Å². The molecule has 0 saturated carbocycles. The summed E-state index contributed by atoms with van der Waals surface area (Å²) in [7, 11) is 0. The zero-order chi connectivity index (χ0) is 27.2. The standard InChI is InChI=1S/C30H41NO7/c1-3-8-20-16-23-28(30(36)31(29(23)35)14-7-5-6-9-26(33)34)24-18-37-25(27(20)24)13-10-19(4-2)15-21-11-12-22(17-32)38-21/h11-12,15,23-25,28,32H,3-10,13-14,16-18H2,1-2H3,(H,33,34)/b19-15+/t23-,24+,25-,28-/m1/s1. The van der Waals surface area contributed by atoms with Crippen LogP contribution in [0.1, 0.15) is 89.6 Å². The summed E-state index contributed by atoms with van der Waals surface area (Å²) in [4.78, 5) is 39.0. The van der Waals surface area contributed by atoms with E-state index >= 15 is 0 Å². The number of rotatable bonds is 14. The fourth-order valence-electron chi connectivity index (χ4n) is 6.45. The third kappa shape index (κ3) is 6.12. The molecule has 2 saturated heterocycles. The van der Waals surface area contributed by atoms with Crippen molar-refractivity contribution in [2.24, 2.45) is 17.8 Å². The summed E-state index contributed by atoms with van der Waals surface area (Å²) in [6.45, 7) is 4.99. The highest BCUT2D eigenvalue weighted by molar-refractivity contribution is 6.05. The predicted molar refractivity (Wildman–Crippen MR) is 142 cm³/mol. The Bertz CT molecular complexity index is 1080. The van der Waals surface area contributed by atoms with Gasteiger partial charge in [0.15, 0.2) is 0 Å². The summed E-state index contributed by atoms with van der Waals surface area (Å²) in [5.74, 6) is -0.363. The first-order valence-corrected chi connectivity index (χ1v) is 14.2. The fraction of sp³-hybridized carbons (Fsp3) is 0.633. The Balaban J connectivity index is 1.44. The lowest BCUT2D eigenvalue weighted by Crippen LogP contribution is -2.34. The highest BCUT2D eigenvalue weighted by Crippen LogP contribution is 2.50. The van der Waals surface area contributed by atoms with Gasteiger partial charge >= 0.3 is 5.97 Å². The van der Waals surface area contributed by atoms with E-state index in [0.29, 0.717) is 44.6 Å². The second-order valence-corrected chi connectivity index (χ2v) is 10.8. The molecule has 0 bridgehead atoms. The second-order valence-electron chi connectivity index (χ2n) is 10.8. The summed E-state index contributed by atoms with van der Waals surface area (Å²) in [6, 6.07) is 3.65. The summed E-state index contributed by atoms with van der Waals surface area (Å²) >= 11 is 0. The Morgan fingerprint density at radius 2 is 1.92 bits per heavy atom. The Hall–Kier alpha value is -2.71. The monoisotopic (exact) mass is 527 g/mol. The van der Waals surface area contributed by atoms with Crippen molar-refractivity contribution in [3.8, 4) is 0 Å². The summed E-state index contributed by atoms with van der Waals surface area (Å²) in [5.41, 5.74) is 3.79. The Kier molecular flexibility index (Phi) is 9.60. The molecule has 2 amide bonds. The minimum absolute atomic E-state index is 0.0417. The molecular weight excluding hydrogens is 486 g/mol. The third-order valence-electron chi connectivity index (χ3n) is 8.29. The van der Waals surface area contributed by atoms with E-state index in [1.165, 1.54) is 21.6 Å². The molecule has 4 rings (SSSR count). The van der Waals surface area contributed by atoms with Gasteiger partial charge in [-0.25, -0.2) is 0 Å². The van der Waals surface area contributed by atoms with E-state index in [4.69, 9.17) is 14.3 Å². The smallest absolute Gasteiger partial charge is 0.303 e. The number of fused-ring (bicyclic) bond motifs is 3. The molecule has 3 aliphatic rings. The number of nitrogens with zero attached hydrogens (tertiary/aromatic N) is 1. The molecule has 0 unspecified atom stereocenters. The van der Waals surface area contributed by atoms with Crippen molar-refractivity contribution in [1.82, 2.24) is 4.90 Å². The van der Waals surface area contributed by atoms with Crippen molar-refractivity contribution in [3.05, 3.63) is 40.4 Å². The molecule has 1 aliphatic carbocycles. The molecule has 38 heavy (non-hydrogen) atoms. The van der Waals surface area contributed by atoms with E-state index in [9.17, 15) is 19.5 Å². The van der Waals surface area contributed by atoms with Crippen LogP contribution in [-0.2, 0) is 25.7 Å². The maximum atomic E-state index is 13.5. The lowest BCUT2D eigenvalue weighted by Gasteiger charge is -2.32. The number of imide groups is 1. The molecule has 4 atom stereocenters. The van der Waals surface area contributed by atoms with Gasteiger partial charge in [-0.05, 0) is 68.7 Å². The molecule has 8 heteroatoms. The van der Waals surface area contributed by atoms with Crippen LogP contribution >= 0.6 is 0 Å². The molecule has 8 nitrogen and oxygen atoms in total. The van der Waals surface area contributed by atoms with E-state index in [-0.39, 0.29) is 48.7 Å². The minimum atomic E-state index is -0.819. The Labute approximate surface area is 224 Å². The second kappa shape index (κ2) is 12.9. The molecule has 2 N–H and O–H groups in total. The van der Waals surface area contributed by atoms with Crippen LogP contribution in [0, 0.1) is 17.8 Å². The number of hydrogen-bond acceptors (Lipinski definition) is 6. The molecule has 0 spiro atoms. The molecule has 3 heterocycles. The van der Waals surface area contributed by atoms with Crippen LogP contribution < -0.4 is 0 Å². The van der Waals surface area contributed by atoms with Gasteiger partial charge in [-0.1, -0.05) is 37.8 Å². The van der Waals surface area contributed by atoms with Crippen molar-refractivity contribution < 1.29 is 33.8 Å². The highest BCUT2D eigenvalue weighted by Gasteiger charge is 2.56. The van der Waals surface area contributed by atoms with E-state index in [1.807, 2.05) is 12.1 Å². The van der Waals surface area contributed by atoms with E-state index in [0.717, 1.165) is 37.9 Å². The zero-order valence-electron chi connectivity index (χ0n) is 22.6. The fourth-order valence-corrected chi connectivity index (χ4v) is 6.45. The lowest BCUT2D eigenvalue weighted by atomic mass is 9.68. The van der Waals surface area contributed by atoms with Crippen LogP contribution in [-0.4, -0.2) is 52.2 Å². The number of aliphatic hydroxyl groups is 1. The van der Waals surface area contributed by atoms with E-state index in [2.05, 4.69) is 13.8 Å². The van der Waals surface area contributed by atoms with Gasteiger partial charge in [0.2, 0.25) is 11.8 Å². The zero-order valence-corrected chi connectivity index (χ0v) is 22.6. The first-order valence-electron chi connectivity index (χ1n) is 14.2. The van der Waals surface area contributed by atoms with Crippen molar-refractivity contribution in [1.29, 1.82) is 0 Å². The average molecular weight is 528 g/mol. The first kappa shape index (κ1) is 28.3. The number of aliphatic carboxylic acids is 1. The van der Waals surface area contributed by atoms with Gasteiger partial charge in [0.25, 0.3) is 0 Å². The summed E-state index contributed by atoms with van der Waals surface area (Å²) in [6.07, 6.45) is 9.06. The van der Waals surface area contributed by atoms with Crippen LogP contribution in [0.15, 0.2) is 33.3 Å². The number of carboxylic acid groups (broad SMARTS) is 1. The van der Waals surface area contributed by atoms with Gasteiger partial charge in [-0.15, -0.1) is 0 Å². The Morgan fingerprint density at radius 1 is 1.11 bits per heavy atom. The molecular formula is C30H41NO7. The lowest BCUT2D eigenvalue weighted by molar-refractivity contribution is -0.141. The summed E-state index contributed by atoms with van der Waals surface area (Å²) < 4.78 is 12.0. The number of likely N-dealkylation sites (tertiary alicyclic amines) is 1. The quantitative estimate of drug-likeness (QED) is 0.196.